The summed E-state index contributed by atoms with van der Waals surface area (Å²) in [6.45, 7) is 4.58. The number of hydrogen-bond acceptors (Lipinski definition) is 2. The van der Waals surface area contributed by atoms with Crippen molar-refractivity contribution in [3.05, 3.63) is 24.0 Å². The number of hydrogen-bond donors (Lipinski definition) is 2. The molecule has 1 aromatic rings. The maximum Gasteiger partial charge on any atom is 0.219 e. The fourth-order valence-corrected chi connectivity index (χ4v) is 1.24. The van der Waals surface area contributed by atoms with E-state index in [-0.39, 0.29) is 5.91 Å². The van der Waals surface area contributed by atoms with Crippen molar-refractivity contribution in [3.8, 4) is 0 Å². The van der Waals surface area contributed by atoms with Gasteiger partial charge < -0.3 is 15.6 Å². The molecule has 1 heterocycles. The van der Waals surface area contributed by atoms with Crippen LogP contribution in [-0.2, 0) is 17.9 Å². The molecular formula is C10H17N3O. The van der Waals surface area contributed by atoms with E-state index in [0.29, 0.717) is 13.0 Å². The van der Waals surface area contributed by atoms with Crippen molar-refractivity contribution >= 4 is 5.91 Å². The van der Waals surface area contributed by atoms with Gasteiger partial charge in [-0.05, 0) is 18.2 Å². The molecule has 1 aromatic heterocycles. The number of amides is 1. The molecule has 3 N–H and O–H groups in total. The van der Waals surface area contributed by atoms with Crippen molar-refractivity contribution in [1.82, 2.24) is 9.88 Å². The summed E-state index contributed by atoms with van der Waals surface area (Å²) in [5.41, 5.74) is 6.30. The monoisotopic (exact) mass is 195 g/mol. The van der Waals surface area contributed by atoms with Crippen LogP contribution in [0.5, 0.6) is 0 Å². The van der Waals surface area contributed by atoms with Gasteiger partial charge in [0.15, 0.2) is 0 Å². The van der Waals surface area contributed by atoms with Crippen LogP contribution in [0.1, 0.15) is 18.9 Å². The number of nitrogens with one attached hydrogen (secondary N) is 1. The minimum atomic E-state index is -0.257. The van der Waals surface area contributed by atoms with Gasteiger partial charge in [0.1, 0.15) is 0 Å². The molecular weight excluding hydrogens is 178 g/mol. The second-order valence-corrected chi connectivity index (χ2v) is 3.25. The number of primary amides is 1. The summed E-state index contributed by atoms with van der Waals surface area (Å²) >= 11 is 0. The highest BCUT2D eigenvalue weighted by atomic mass is 16.1. The largest absolute Gasteiger partial charge is 0.370 e. The Hall–Kier alpha value is -1.29. The Morgan fingerprint density at radius 3 is 3.07 bits per heavy atom. The predicted octanol–water partition coefficient (Wildman–Crippen LogP) is 0.473. The summed E-state index contributed by atoms with van der Waals surface area (Å²) < 4.78 is 1.98. The van der Waals surface area contributed by atoms with Crippen LogP contribution in [0, 0.1) is 0 Å². The third kappa shape index (κ3) is 3.62. The zero-order valence-corrected chi connectivity index (χ0v) is 8.49. The predicted molar refractivity (Wildman–Crippen MR) is 55.6 cm³/mol. The van der Waals surface area contributed by atoms with Gasteiger partial charge in [-0.1, -0.05) is 6.92 Å². The van der Waals surface area contributed by atoms with Crippen LogP contribution in [0.15, 0.2) is 18.5 Å². The van der Waals surface area contributed by atoms with Crippen molar-refractivity contribution in [3.63, 3.8) is 0 Å². The van der Waals surface area contributed by atoms with Gasteiger partial charge in [-0.15, -0.1) is 0 Å². The molecule has 0 bridgehead atoms. The number of aromatic nitrogens is 1. The van der Waals surface area contributed by atoms with E-state index in [1.807, 2.05) is 23.0 Å². The zero-order chi connectivity index (χ0) is 10.4. The summed E-state index contributed by atoms with van der Waals surface area (Å²) in [4.78, 5) is 10.5. The van der Waals surface area contributed by atoms with Crippen LogP contribution in [0.2, 0.25) is 0 Å². The van der Waals surface area contributed by atoms with Crippen molar-refractivity contribution in [2.75, 3.05) is 6.54 Å². The van der Waals surface area contributed by atoms with Gasteiger partial charge in [0.25, 0.3) is 0 Å². The van der Waals surface area contributed by atoms with Gasteiger partial charge in [0.2, 0.25) is 5.91 Å². The van der Waals surface area contributed by atoms with Crippen LogP contribution in [-0.4, -0.2) is 17.0 Å². The molecule has 0 saturated carbocycles. The lowest BCUT2D eigenvalue weighted by Crippen LogP contribution is -2.13. The van der Waals surface area contributed by atoms with Crippen molar-refractivity contribution < 1.29 is 4.79 Å². The summed E-state index contributed by atoms with van der Waals surface area (Å²) in [6.07, 6.45) is 4.40. The van der Waals surface area contributed by atoms with Crippen LogP contribution in [0.3, 0.4) is 0 Å². The van der Waals surface area contributed by atoms with Gasteiger partial charge in [0, 0.05) is 31.9 Å². The number of carbonyl (C=O) groups is 1. The lowest BCUT2D eigenvalue weighted by atomic mass is 10.3. The molecule has 0 unspecified atom stereocenters. The normalized spacial score (nSPS) is 10.4. The second kappa shape index (κ2) is 5.44. The Kier molecular flexibility index (Phi) is 4.19. The SMILES string of the molecule is CCNCc1ccn(CCC(N)=O)c1. The van der Waals surface area contributed by atoms with Gasteiger partial charge in [0.05, 0.1) is 0 Å². The third-order valence-corrected chi connectivity index (χ3v) is 2.01. The van der Waals surface area contributed by atoms with E-state index >= 15 is 0 Å². The molecule has 1 rings (SSSR count). The van der Waals surface area contributed by atoms with Crippen molar-refractivity contribution in [2.45, 2.75) is 26.4 Å². The van der Waals surface area contributed by atoms with Crippen molar-refractivity contribution in [2.24, 2.45) is 5.73 Å². The fraction of sp³-hybridized carbons (Fsp3) is 0.500. The van der Waals surface area contributed by atoms with E-state index in [1.165, 1.54) is 5.56 Å². The quantitative estimate of drug-likeness (QED) is 0.693. The Bertz CT molecular complexity index is 293. The van der Waals surface area contributed by atoms with Crippen LogP contribution in [0.25, 0.3) is 0 Å². The highest BCUT2D eigenvalue weighted by Crippen LogP contribution is 2.01. The third-order valence-electron chi connectivity index (χ3n) is 2.01. The smallest absolute Gasteiger partial charge is 0.219 e. The Labute approximate surface area is 84.1 Å². The first kappa shape index (κ1) is 10.8. The van der Waals surface area contributed by atoms with Gasteiger partial charge in [-0.3, -0.25) is 4.79 Å². The summed E-state index contributed by atoms with van der Waals surface area (Å²) in [7, 11) is 0. The van der Waals surface area contributed by atoms with Crippen LogP contribution >= 0.6 is 0 Å². The molecule has 78 valence electrons. The Balaban J connectivity index is 2.38. The standard InChI is InChI=1S/C10H17N3O/c1-2-12-7-9-3-5-13(8-9)6-4-10(11)14/h3,5,8,12H,2,4,6-7H2,1H3,(H2,11,14). The number of rotatable bonds is 6. The molecule has 14 heavy (non-hydrogen) atoms. The second-order valence-electron chi connectivity index (χ2n) is 3.25. The average Bonchev–Trinajstić information content (AvgIpc) is 2.59. The minimum Gasteiger partial charge on any atom is -0.370 e. The molecule has 0 aliphatic carbocycles. The lowest BCUT2D eigenvalue weighted by Gasteiger charge is -2.00. The van der Waals surface area contributed by atoms with E-state index in [2.05, 4.69) is 12.2 Å². The molecule has 0 radical (unpaired) electrons. The number of nitrogens with two attached hydrogens (primary N) is 1. The van der Waals surface area contributed by atoms with E-state index in [1.54, 1.807) is 0 Å². The molecule has 4 heteroatoms. The lowest BCUT2D eigenvalue weighted by molar-refractivity contribution is -0.118. The first-order valence-electron chi connectivity index (χ1n) is 4.86. The molecule has 0 spiro atoms. The first-order chi connectivity index (χ1) is 6.72. The van der Waals surface area contributed by atoms with Crippen molar-refractivity contribution in [1.29, 1.82) is 0 Å². The molecule has 0 atom stereocenters. The van der Waals surface area contributed by atoms with Gasteiger partial charge >= 0.3 is 0 Å². The highest BCUT2D eigenvalue weighted by Gasteiger charge is 1.98. The molecule has 1 amide bonds. The van der Waals surface area contributed by atoms with Gasteiger partial charge in [-0.25, -0.2) is 0 Å². The van der Waals surface area contributed by atoms with Gasteiger partial charge in [-0.2, -0.15) is 0 Å². The summed E-state index contributed by atoms with van der Waals surface area (Å²) in [5.74, 6) is -0.257. The molecule has 0 aromatic carbocycles. The molecule has 0 fully saturated rings. The Morgan fingerprint density at radius 2 is 2.43 bits per heavy atom. The van der Waals surface area contributed by atoms with Crippen LogP contribution in [0.4, 0.5) is 0 Å². The molecule has 0 aliphatic rings. The maximum absolute atomic E-state index is 10.5. The number of aryl methyl sites for hydroxylation is 1. The zero-order valence-electron chi connectivity index (χ0n) is 8.49. The summed E-state index contributed by atoms with van der Waals surface area (Å²) in [6, 6.07) is 2.05. The fourth-order valence-electron chi connectivity index (χ4n) is 1.24. The average molecular weight is 195 g/mol. The van der Waals surface area contributed by atoms with E-state index in [9.17, 15) is 4.79 Å². The summed E-state index contributed by atoms with van der Waals surface area (Å²) in [5, 5.41) is 3.24. The first-order valence-corrected chi connectivity index (χ1v) is 4.86. The topological polar surface area (TPSA) is 60.1 Å². The Morgan fingerprint density at radius 1 is 1.64 bits per heavy atom. The van der Waals surface area contributed by atoms with E-state index < -0.39 is 0 Å². The minimum absolute atomic E-state index is 0.257. The maximum atomic E-state index is 10.5. The highest BCUT2D eigenvalue weighted by molar-refractivity contribution is 5.73. The van der Waals surface area contributed by atoms with Crippen LogP contribution < -0.4 is 11.1 Å². The molecule has 4 nitrogen and oxygen atoms in total. The molecule has 0 aliphatic heterocycles. The molecule has 0 saturated heterocycles. The van der Waals surface area contributed by atoms with E-state index in [4.69, 9.17) is 5.73 Å². The van der Waals surface area contributed by atoms with E-state index in [0.717, 1.165) is 13.1 Å². The number of nitrogens with zero attached hydrogens (tertiary/aromatic N) is 1. The number of carbonyl (C=O) groups excluding carboxylic acids is 1.